The van der Waals surface area contributed by atoms with E-state index < -0.39 is 0 Å². The van der Waals surface area contributed by atoms with Crippen LogP contribution in [0.1, 0.15) is 37.8 Å². The van der Waals surface area contributed by atoms with Crippen LogP contribution in [0, 0.1) is 0 Å². The largest absolute Gasteiger partial charge is 0.456 e. The van der Waals surface area contributed by atoms with Crippen molar-refractivity contribution in [1.29, 1.82) is 0 Å². The Kier molecular flexibility index (Phi) is 7.04. The molecule has 0 bridgehead atoms. The molecule has 0 saturated heterocycles. The van der Waals surface area contributed by atoms with Crippen LogP contribution in [0.4, 0.5) is 0 Å². The molecule has 0 spiro atoms. The fourth-order valence-corrected chi connectivity index (χ4v) is 11.5. The highest BCUT2D eigenvalue weighted by Gasteiger charge is 2.36. The van der Waals surface area contributed by atoms with Crippen molar-refractivity contribution < 1.29 is 8.83 Å². The minimum absolute atomic E-state index is 0.162. The minimum Gasteiger partial charge on any atom is -0.456 e. The van der Waals surface area contributed by atoms with E-state index in [0.29, 0.717) is 0 Å². The van der Waals surface area contributed by atoms with Gasteiger partial charge in [-0.1, -0.05) is 147 Å². The van der Waals surface area contributed by atoms with Gasteiger partial charge in [-0.3, -0.25) is 0 Å². The fourth-order valence-electron chi connectivity index (χ4n) is 11.5. The maximum Gasteiger partial charge on any atom is 0.144 e. The standard InChI is InChI=1S/C61H40O2/c1-61(2)51-28-23-41(57-45-15-7-5-13-43(45)56(44-14-6-8-16-46(44)57)40-20-19-35-11-3-4-12-37(35)31-40)33-49(51)42-26-22-39(34-52(42)61)38-25-29-54-50(32-38)47-27-21-36-24-30-55-59(58(36)60(47)63-54)48-17-9-10-18-53(48)62-55/h3-5,7,9-34H,6,8H2,1-2H3. The Labute approximate surface area is 363 Å². The van der Waals surface area contributed by atoms with Gasteiger partial charge in [-0.25, -0.2) is 0 Å². The average molecular weight is 805 g/mol. The van der Waals surface area contributed by atoms with Crippen LogP contribution in [0.2, 0.25) is 0 Å². The molecule has 0 amide bonds. The van der Waals surface area contributed by atoms with Crippen molar-refractivity contribution in [3.63, 3.8) is 0 Å². The van der Waals surface area contributed by atoms with E-state index in [4.69, 9.17) is 8.83 Å². The summed E-state index contributed by atoms with van der Waals surface area (Å²) in [5.41, 5.74) is 16.4. The van der Waals surface area contributed by atoms with E-state index in [1.807, 2.05) is 12.1 Å². The van der Waals surface area contributed by atoms with Crippen molar-refractivity contribution in [3.05, 3.63) is 191 Å². The highest BCUT2D eigenvalue weighted by Crippen LogP contribution is 2.51. The Morgan fingerprint density at radius 3 is 1.83 bits per heavy atom. The third-order valence-electron chi connectivity index (χ3n) is 14.5. The van der Waals surface area contributed by atoms with Crippen LogP contribution in [0.3, 0.4) is 0 Å². The van der Waals surface area contributed by atoms with E-state index in [1.165, 1.54) is 87.6 Å². The van der Waals surface area contributed by atoms with Crippen molar-refractivity contribution in [3.8, 4) is 44.5 Å². The predicted octanol–water partition coefficient (Wildman–Crippen LogP) is 15.6. The molecular weight excluding hydrogens is 765 g/mol. The van der Waals surface area contributed by atoms with Crippen molar-refractivity contribution in [2.45, 2.75) is 32.1 Å². The summed E-state index contributed by atoms with van der Waals surface area (Å²) >= 11 is 0. The summed E-state index contributed by atoms with van der Waals surface area (Å²) in [5.74, 6) is 0. The van der Waals surface area contributed by atoms with Crippen molar-refractivity contribution in [2.75, 3.05) is 0 Å². The summed E-state index contributed by atoms with van der Waals surface area (Å²) in [6.45, 7) is 4.77. The zero-order valence-corrected chi connectivity index (χ0v) is 35.1. The molecule has 12 aromatic rings. The van der Waals surface area contributed by atoms with Gasteiger partial charge in [0.1, 0.15) is 22.3 Å². The second-order valence-corrected chi connectivity index (χ2v) is 18.2. The maximum absolute atomic E-state index is 6.74. The molecule has 0 radical (unpaired) electrons. The lowest BCUT2D eigenvalue weighted by Gasteiger charge is -2.22. The first-order valence-corrected chi connectivity index (χ1v) is 22.2. The quantitative estimate of drug-likeness (QED) is 0.178. The molecule has 0 fully saturated rings. The molecule has 2 heteroatoms. The average Bonchev–Trinajstić information content (AvgIpc) is 3.97. The summed E-state index contributed by atoms with van der Waals surface area (Å²) in [7, 11) is 0. The van der Waals surface area contributed by atoms with E-state index in [1.54, 1.807) is 0 Å². The first-order valence-electron chi connectivity index (χ1n) is 22.2. The van der Waals surface area contributed by atoms with Crippen LogP contribution in [-0.4, -0.2) is 0 Å². The van der Waals surface area contributed by atoms with Gasteiger partial charge in [0.2, 0.25) is 0 Å². The number of hydrogen-bond acceptors (Lipinski definition) is 2. The lowest BCUT2D eigenvalue weighted by molar-refractivity contribution is 0.660. The number of benzene rings is 10. The third kappa shape index (κ3) is 4.89. The van der Waals surface area contributed by atoms with E-state index in [-0.39, 0.29) is 5.41 Å². The fraction of sp³-hybridized carbons (Fsp3) is 0.0820. The first-order chi connectivity index (χ1) is 31.0. The molecule has 2 nitrogen and oxygen atoms in total. The molecule has 0 unspecified atom stereocenters. The second kappa shape index (κ2) is 12.7. The van der Waals surface area contributed by atoms with Crippen molar-refractivity contribution >= 4 is 88.3 Å². The van der Waals surface area contributed by atoms with Gasteiger partial charge in [0.15, 0.2) is 0 Å². The molecule has 2 aliphatic carbocycles. The summed E-state index contributed by atoms with van der Waals surface area (Å²) < 4.78 is 13.0. The smallest absolute Gasteiger partial charge is 0.144 e. The highest BCUT2D eigenvalue weighted by molar-refractivity contribution is 6.28. The van der Waals surface area contributed by atoms with Crippen LogP contribution >= 0.6 is 0 Å². The van der Waals surface area contributed by atoms with Crippen LogP contribution in [0.15, 0.2) is 179 Å². The van der Waals surface area contributed by atoms with Gasteiger partial charge in [-0.05, 0) is 154 Å². The maximum atomic E-state index is 6.74. The molecule has 10 aromatic carbocycles. The molecular formula is C61H40O2. The normalized spacial score (nSPS) is 14.1. The summed E-state index contributed by atoms with van der Waals surface area (Å²) in [5, 5.41) is 14.6. The van der Waals surface area contributed by atoms with Crippen LogP contribution in [-0.2, 0) is 5.41 Å². The monoisotopic (exact) mass is 804 g/mol. The van der Waals surface area contributed by atoms with Crippen LogP contribution < -0.4 is 10.4 Å². The molecule has 296 valence electrons. The lowest BCUT2D eigenvalue weighted by atomic mass is 9.81. The topological polar surface area (TPSA) is 26.3 Å². The Morgan fingerprint density at radius 2 is 1.00 bits per heavy atom. The van der Waals surface area contributed by atoms with Gasteiger partial charge in [-0.15, -0.1) is 0 Å². The molecule has 63 heavy (non-hydrogen) atoms. The SMILES string of the molecule is CC1(C)c2ccc(-c3c4c(c(-c5ccc6ccccc6c5)c5ccccc35)=CCCC=4)cc2-c2ccc(-c3ccc4oc5c(ccc6ccc7oc8ccccc8c7c65)c4c3)cc21. The third-order valence-corrected chi connectivity index (χ3v) is 14.5. The van der Waals surface area contributed by atoms with Gasteiger partial charge in [-0.2, -0.15) is 0 Å². The Morgan fingerprint density at radius 1 is 0.381 bits per heavy atom. The van der Waals surface area contributed by atoms with E-state index in [0.717, 1.165) is 67.5 Å². The van der Waals surface area contributed by atoms with Gasteiger partial charge in [0, 0.05) is 32.3 Å². The molecule has 0 atom stereocenters. The Bertz CT molecular complexity index is 4120. The predicted molar refractivity (Wildman–Crippen MR) is 265 cm³/mol. The molecule has 0 aliphatic heterocycles. The molecule has 2 aliphatic rings. The van der Waals surface area contributed by atoms with E-state index in [2.05, 4.69) is 184 Å². The number of para-hydroxylation sites is 1. The van der Waals surface area contributed by atoms with Gasteiger partial charge in [0.25, 0.3) is 0 Å². The number of fused-ring (bicyclic) bond motifs is 15. The van der Waals surface area contributed by atoms with E-state index >= 15 is 0 Å². The molecule has 0 N–H and O–H groups in total. The molecule has 2 aromatic heterocycles. The minimum atomic E-state index is -0.162. The number of rotatable bonds is 3. The second-order valence-electron chi connectivity index (χ2n) is 18.2. The Hall–Kier alpha value is -7.68. The summed E-state index contributed by atoms with van der Waals surface area (Å²) in [6, 6.07) is 62.7. The number of furan rings is 2. The lowest BCUT2D eigenvalue weighted by Crippen LogP contribution is -2.31. The Balaban J connectivity index is 0.906. The summed E-state index contributed by atoms with van der Waals surface area (Å²) in [4.78, 5) is 0. The van der Waals surface area contributed by atoms with Crippen LogP contribution in [0.25, 0.3) is 133 Å². The van der Waals surface area contributed by atoms with Gasteiger partial charge < -0.3 is 8.83 Å². The van der Waals surface area contributed by atoms with E-state index in [9.17, 15) is 0 Å². The zero-order valence-electron chi connectivity index (χ0n) is 35.1. The van der Waals surface area contributed by atoms with Gasteiger partial charge in [0.05, 0.1) is 0 Å². The summed E-state index contributed by atoms with van der Waals surface area (Å²) in [6.07, 6.45) is 7.06. The van der Waals surface area contributed by atoms with Crippen molar-refractivity contribution in [1.82, 2.24) is 0 Å². The first kappa shape index (κ1) is 35.0. The number of hydrogen-bond donors (Lipinski definition) is 0. The molecule has 0 saturated carbocycles. The van der Waals surface area contributed by atoms with Crippen LogP contribution in [0.5, 0.6) is 0 Å². The molecule has 2 heterocycles. The molecule has 14 rings (SSSR count). The zero-order chi connectivity index (χ0) is 41.6. The van der Waals surface area contributed by atoms with Gasteiger partial charge >= 0.3 is 0 Å². The van der Waals surface area contributed by atoms with Crippen molar-refractivity contribution in [2.24, 2.45) is 0 Å². The highest BCUT2D eigenvalue weighted by atomic mass is 16.3.